The molecule has 0 aromatic carbocycles. The fraction of sp³-hybridized carbons (Fsp3) is 0.600. The van der Waals surface area contributed by atoms with E-state index in [9.17, 15) is 0 Å². The Bertz CT molecular complexity index is 120. The van der Waals surface area contributed by atoms with Crippen LogP contribution < -0.4 is 0 Å². The molecular weight excluding hydrogens is 136 g/mol. The summed E-state index contributed by atoms with van der Waals surface area (Å²) >= 11 is 0. The highest BCUT2D eigenvalue weighted by Gasteiger charge is 1.88. The maximum Gasteiger partial charge on any atom is 0.0861 e. The zero-order valence-electron chi connectivity index (χ0n) is 6.96. The lowest BCUT2D eigenvalue weighted by molar-refractivity contribution is 0.399. The lowest BCUT2D eigenvalue weighted by Gasteiger charge is -1.94. The van der Waals surface area contributed by atoms with Crippen LogP contribution in [0.15, 0.2) is 24.7 Å². The molecule has 0 saturated carbocycles. The van der Waals surface area contributed by atoms with Crippen molar-refractivity contribution in [1.82, 2.24) is 0 Å². The summed E-state index contributed by atoms with van der Waals surface area (Å²) in [7, 11) is 0. The van der Waals surface area contributed by atoms with E-state index in [1.54, 1.807) is 12.5 Å². The standard InChI is InChI=1S/C10H16O/c1-2-4-6-8-10-11-9-7-5-3-1/h7-10H,1-6H2/b9-7-,10-8+. The van der Waals surface area contributed by atoms with Gasteiger partial charge in [0, 0.05) is 0 Å². The van der Waals surface area contributed by atoms with E-state index in [-0.39, 0.29) is 0 Å². The molecule has 0 aromatic heterocycles. The zero-order valence-corrected chi connectivity index (χ0v) is 6.96. The van der Waals surface area contributed by atoms with E-state index in [0.29, 0.717) is 0 Å². The van der Waals surface area contributed by atoms with Crippen LogP contribution in [0, 0.1) is 0 Å². The van der Waals surface area contributed by atoms with Gasteiger partial charge in [-0.1, -0.05) is 12.8 Å². The van der Waals surface area contributed by atoms with Crippen molar-refractivity contribution in [3.8, 4) is 0 Å². The first kappa shape index (κ1) is 8.38. The minimum Gasteiger partial charge on any atom is -0.473 e. The molecule has 0 spiro atoms. The molecule has 0 aromatic rings. The van der Waals surface area contributed by atoms with Crippen LogP contribution in [0.3, 0.4) is 0 Å². The lowest BCUT2D eigenvalue weighted by atomic mass is 10.1. The second kappa shape index (κ2) is 6.02. The van der Waals surface area contributed by atoms with E-state index in [2.05, 4.69) is 12.2 Å². The summed E-state index contributed by atoms with van der Waals surface area (Å²) in [6.07, 6.45) is 15.4. The third-order valence-electron chi connectivity index (χ3n) is 1.84. The molecule has 1 nitrogen and oxygen atoms in total. The van der Waals surface area contributed by atoms with Crippen molar-refractivity contribution in [3.05, 3.63) is 24.7 Å². The van der Waals surface area contributed by atoms with Gasteiger partial charge in [0.2, 0.25) is 0 Å². The van der Waals surface area contributed by atoms with E-state index in [0.717, 1.165) is 12.8 Å². The smallest absolute Gasteiger partial charge is 0.0861 e. The summed E-state index contributed by atoms with van der Waals surface area (Å²) in [5, 5.41) is 0. The number of allylic oxidation sites excluding steroid dienone is 2. The number of hydrogen-bond acceptors (Lipinski definition) is 1. The quantitative estimate of drug-likeness (QED) is 0.517. The van der Waals surface area contributed by atoms with Crippen LogP contribution in [0.5, 0.6) is 0 Å². The maximum absolute atomic E-state index is 5.10. The van der Waals surface area contributed by atoms with Crippen molar-refractivity contribution >= 4 is 0 Å². The van der Waals surface area contributed by atoms with Gasteiger partial charge < -0.3 is 4.74 Å². The Labute approximate surface area is 68.8 Å². The average molecular weight is 152 g/mol. The molecule has 62 valence electrons. The highest BCUT2D eigenvalue weighted by atomic mass is 16.5. The van der Waals surface area contributed by atoms with Gasteiger partial charge in [0.1, 0.15) is 0 Å². The van der Waals surface area contributed by atoms with E-state index >= 15 is 0 Å². The van der Waals surface area contributed by atoms with Gasteiger partial charge in [-0.15, -0.1) is 0 Å². The molecule has 0 bridgehead atoms. The lowest BCUT2D eigenvalue weighted by Crippen LogP contribution is -1.75. The second-order valence-electron chi connectivity index (χ2n) is 2.87. The fourth-order valence-electron chi connectivity index (χ4n) is 1.17. The topological polar surface area (TPSA) is 9.23 Å². The summed E-state index contributed by atoms with van der Waals surface area (Å²) < 4.78 is 5.10. The summed E-state index contributed by atoms with van der Waals surface area (Å²) in [6.45, 7) is 0. The van der Waals surface area contributed by atoms with E-state index in [1.807, 2.05) is 0 Å². The maximum atomic E-state index is 5.10. The molecule has 1 aliphatic rings. The average Bonchev–Trinajstić information content (AvgIpc) is 2.08. The number of hydrogen-bond donors (Lipinski definition) is 0. The van der Waals surface area contributed by atoms with Crippen LogP contribution in [-0.4, -0.2) is 0 Å². The van der Waals surface area contributed by atoms with Crippen LogP contribution in [0.4, 0.5) is 0 Å². The van der Waals surface area contributed by atoms with Crippen molar-refractivity contribution in [1.29, 1.82) is 0 Å². The molecule has 0 saturated heterocycles. The Hall–Kier alpha value is -0.720. The Morgan fingerprint density at radius 3 is 1.82 bits per heavy atom. The summed E-state index contributed by atoms with van der Waals surface area (Å²) in [5.41, 5.74) is 0. The SMILES string of the molecule is C1=C\O/C=C/CCCCCC/1. The Morgan fingerprint density at radius 2 is 1.27 bits per heavy atom. The van der Waals surface area contributed by atoms with Crippen LogP contribution in [0.1, 0.15) is 38.5 Å². The molecule has 0 aliphatic carbocycles. The van der Waals surface area contributed by atoms with Gasteiger partial charge in [0.05, 0.1) is 12.5 Å². The largest absolute Gasteiger partial charge is 0.473 e. The van der Waals surface area contributed by atoms with E-state index < -0.39 is 0 Å². The molecule has 0 fully saturated rings. The van der Waals surface area contributed by atoms with Crippen molar-refractivity contribution in [2.75, 3.05) is 0 Å². The van der Waals surface area contributed by atoms with Crippen LogP contribution >= 0.6 is 0 Å². The van der Waals surface area contributed by atoms with Crippen molar-refractivity contribution < 1.29 is 4.74 Å². The third-order valence-corrected chi connectivity index (χ3v) is 1.84. The fourth-order valence-corrected chi connectivity index (χ4v) is 1.17. The first-order chi connectivity index (χ1) is 5.50. The first-order valence-corrected chi connectivity index (χ1v) is 4.45. The second-order valence-corrected chi connectivity index (χ2v) is 2.87. The molecule has 0 radical (unpaired) electrons. The van der Waals surface area contributed by atoms with Gasteiger partial charge in [-0.2, -0.15) is 0 Å². The van der Waals surface area contributed by atoms with Gasteiger partial charge in [0.25, 0.3) is 0 Å². The van der Waals surface area contributed by atoms with Crippen molar-refractivity contribution in [2.24, 2.45) is 0 Å². The summed E-state index contributed by atoms with van der Waals surface area (Å²) in [6, 6.07) is 0. The van der Waals surface area contributed by atoms with Gasteiger partial charge in [0.15, 0.2) is 0 Å². The molecule has 1 aliphatic heterocycles. The molecule has 1 rings (SSSR count). The molecular formula is C10H16O. The molecule has 0 atom stereocenters. The van der Waals surface area contributed by atoms with Crippen LogP contribution in [-0.2, 0) is 4.74 Å². The van der Waals surface area contributed by atoms with Crippen LogP contribution in [0.2, 0.25) is 0 Å². The summed E-state index contributed by atoms with van der Waals surface area (Å²) in [4.78, 5) is 0. The van der Waals surface area contributed by atoms with Gasteiger partial charge >= 0.3 is 0 Å². The Kier molecular flexibility index (Phi) is 4.58. The normalized spacial score (nSPS) is 26.2. The minimum atomic E-state index is 1.16. The summed E-state index contributed by atoms with van der Waals surface area (Å²) in [5.74, 6) is 0. The van der Waals surface area contributed by atoms with Crippen molar-refractivity contribution in [2.45, 2.75) is 38.5 Å². The predicted molar refractivity (Wildman–Crippen MR) is 47.1 cm³/mol. The van der Waals surface area contributed by atoms with E-state index in [1.165, 1.54) is 25.7 Å². The molecule has 0 unspecified atom stereocenters. The van der Waals surface area contributed by atoms with Gasteiger partial charge in [-0.25, -0.2) is 0 Å². The van der Waals surface area contributed by atoms with Gasteiger partial charge in [-0.3, -0.25) is 0 Å². The van der Waals surface area contributed by atoms with Crippen LogP contribution in [0.25, 0.3) is 0 Å². The monoisotopic (exact) mass is 152 g/mol. The highest BCUT2D eigenvalue weighted by molar-refractivity contribution is 4.80. The third kappa shape index (κ3) is 4.65. The highest BCUT2D eigenvalue weighted by Crippen LogP contribution is 2.07. The molecule has 0 N–H and O–H groups in total. The molecule has 11 heavy (non-hydrogen) atoms. The van der Waals surface area contributed by atoms with Gasteiger partial charge in [-0.05, 0) is 37.8 Å². The van der Waals surface area contributed by atoms with Crippen molar-refractivity contribution in [3.63, 3.8) is 0 Å². The molecule has 1 heteroatoms. The first-order valence-electron chi connectivity index (χ1n) is 4.45. The van der Waals surface area contributed by atoms with E-state index in [4.69, 9.17) is 4.74 Å². The molecule has 1 heterocycles. The minimum absolute atomic E-state index is 1.16. The zero-order chi connectivity index (χ0) is 7.78. The number of rotatable bonds is 0. The Morgan fingerprint density at radius 1 is 0.727 bits per heavy atom. The number of ether oxygens (including phenoxy) is 1. The predicted octanol–water partition coefficient (Wildman–Crippen LogP) is 3.38. The Balaban J connectivity index is 2.22. The molecule has 0 amide bonds.